The number of ether oxygens (including phenoxy) is 2. The van der Waals surface area contributed by atoms with Crippen molar-refractivity contribution in [2.75, 3.05) is 32.6 Å². The van der Waals surface area contributed by atoms with Crippen LogP contribution in [0.5, 0.6) is 11.5 Å². The molecule has 1 aromatic carbocycles. The molecule has 1 saturated heterocycles. The third-order valence-electron chi connectivity index (χ3n) is 5.39. The van der Waals surface area contributed by atoms with E-state index in [1.165, 1.54) is 38.5 Å². The topological polar surface area (TPSA) is 50.8 Å². The van der Waals surface area contributed by atoms with Crippen molar-refractivity contribution in [1.29, 1.82) is 0 Å². The molecule has 3 rings (SSSR count). The average molecular weight is 332 g/mol. The van der Waals surface area contributed by atoms with Crippen molar-refractivity contribution >= 4 is 11.6 Å². The molecule has 0 bridgehead atoms. The van der Waals surface area contributed by atoms with E-state index < -0.39 is 0 Å². The molecule has 0 unspecified atom stereocenters. The van der Waals surface area contributed by atoms with E-state index in [4.69, 9.17) is 9.47 Å². The Hall–Kier alpha value is -1.75. The molecule has 1 amide bonds. The van der Waals surface area contributed by atoms with Crippen LogP contribution in [0.4, 0.5) is 5.69 Å². The van der Waals surface area contributed by atoms with Gasteiger partial charge in [-0.2, -0.15) is 0 Å². The molecule has 2 atom stereocenters. The van der Waals surface area contributed by atoms with Crippen molar-refractivity contribution in [3.05, 3.63) is 18.2 Å². The van der Waals surface area contributed by atoms with E-state index in [-0.39, 0.29) is 5.91 Å². The van der Waals surface area contributed by atoms with Crippen molar-refractivity contribution in [2.24, 2.45) is 5.92 Å². The first-order valence-corrected chi connectivity index (χ1v) is 8.97. The number of likely N-dealkylation sites (tertiary alicyclic amines) is 1. The van der Waals surface area contributed by atoms with Crippen LogP contribution in [0.1, 0.15) is 38.5 Å². The number of piperidine rings is 1. The number of amides is 1. The molecule has 1 aliphatic heterocycles. The van der Waals surface area contributed by atoms with Gasteiger partial charge in [-0.15, -0.1) is 0 Å². The number of carbonyl (C=O) groups is 1. The zero-order valence-corrected chi connectivity index (χ0v) is 14.7. The Bertz CT molecular complexity index is 574. The average Bonchev–Trinajstić information content (AvgIpc) is 2.62. The van der Waals surface area contributed by atoms with E-state index in [2.05, 4.69) is 10.2 Å². The molecule has 2 aliphatic rings. The van der Waals surface area contributed by atoms with Gasteiger partial charge >= 0.3 is 0 Å². The Kier molecular flexibility index (Phi) is 5.61. The molecule has 2 fully saturated rings. The molecule has 1 heterocycles. The van der Waals surface area contributed by atoms with E-state index in [1.807, 2.05) is 12.1 Å². The Morgan fingerprint density at radius 3 is 2.75 bits per heavy atom. The second-order valence-electron chi connectivity index (χ2n) is 6.84. The summed E-state index contributed by atoms with van der Waals surface area (Å²) >= 11 is 0. The van der Waals surface area contributed by atoms with Gasteiger partial charge in [-0.25, -0.2) is 0 Å². The van der Waals surface area contributed by atoms with Crippen molar-refractivity contribution < 1.29 is 14.3 Å². The quantitative estimate of drug-likeness (QED) is 0.899. The van der Waals surface area contributed by atoms with Gasteiger partial charge < -0.3 is 14.8 Å². The highest BCUT2D eigenvalue weighted by Crippen LogP contribution is 2.35. The second-order valence-corrected chi connectivity index (χ2v) is 6.84. The molecule has 1 aromatic rings. The summed E-state index contributed by atoms with van der Waals surface area (Å²) in [7, 11) is 3.22. The van der Waals surface area contributed by atoms with Crippen molar-refractivity contribution in [3.63, 3.8) is 0 Å². The van der Waals surface area contributed by atoms with Gasteiger partial charge in [0.05, 0.1) is 26.5 Å². The van der Waals surface area contributed by atoms with Gasteiger partial charge in [-0.1, -0.05) is 12.8 Å². The van der Waals surface area contributed by atoms with Gasteiger partial charge in [0, 0.05) is 12.1 Å². The first-order chi connectivity index (χ1) is 11.7. The summed E-state index contributed by atoms with van der Waals surface area (Å²) in [6, 6.07) is 6.03. The summed E-state index contributed by atoms with van der Waals surface area (Å²) in [5, 5.41) is 2.99. The standard InChI is InChI=1S/C19H28N2O3/c1-23-15-9-10-18(24-2)16(12-15)20-19(22)13-21-11-5-7-14-6-3-4-8-17(14)21/h9-10,12,14,17H,3-8,11,13H2,1-2H3,(H,20,22)/t14-,17-/m0/s1. The zero-order valence-electron chi connectivity index (χ0n) is 14.7. The minimum absolute atomic E-state index is 0.0211. The largest absolute Gasteiger partial charge is 0.497 e. The van der Waals surface area contributed by atoms with Gasteiger partial charge in [0.15, 0.2) is 0 Å². The van der Waals surface area contributed by atoms with Crippen LogP contribution in [-0.2, 0) is 4.79 Å². The van der Waals surface area contributed by atoms with Crippen LogP contribution in [-0.4, -0.2) is 44.2 Å². The normalized spacial score (nSPS) is 24.1. The van der Waals surface area contributed by atoms with Crippen LogP contribution in [0.3, 0.4) is 0 Å². The molecule has 1 saturated carbocycles. The molecule has 1 N–H and O–H groups in total. The minimum Gasteiger partial charge on any atom is -0.497 e. The fourth-order valence-electron chi connectivity index (χ4n) is 4.21. The maximum atomic E-state index is 12.6. The highest BCUT2D eigenvalue weighted by Gasteiger charge is 2.33. The fraction of sp³-hybridized carbons (Fsp3) is 0.632. The first kappa shape index (κ1) is 17.1. The third-order valence-corrected chi connectivity index (χ3v) is 5.39. The minimum atomic E-state index is 0.0211. The number of nitrogens with zero attached hydrogens (tertiary/aromatic N) is 1. The van der Waals surface area contributed by atoms with Gasteiger partial charge in [-0.05, 0) is 50.3 Å². The van der Waals surface area contributed by atoms with E-state index >= 15 is 0 Å². The second kappa shape index (κ2) is 7.88. The van der Waals surface area contributed by atoms with Crippen molar-refractivity contribution in [3.8, 4) is 11.5 Å². The van der Waals surface area contributed by atoms with E-state index in [0.29, 0.717) is 29.8 Å². The maximum Gasteiger partial charge on any atom is 0.238 e. The van der Waals surface area contributed by atoms with Crippen LogP contribution in [0, 0.1) is 5.92 Å². The number of methoxy groups -OCH3 is 2. The highest BCUT2D eigenvalue weighted by atomic mass is 16.5. The summed E-state index contributed by atoms with van der Waals surface area (Å²) in [6.45, 7) is 1.49. The molecule has 0 spiro atoms. The number of benzene rings is 1. The van der Waals surface area contributed by atoms with E-state index in [0.717, 1.165) is 12.5 Å². The molecule has 0 aromatic heterocycles. The van der Waals surface area contributed by atoms with Crippen molar-refractivity contribution in [1.82, 2.24) is 4.90 Å². The molecular weight excluding hydrogens is 304 g/mol. The number of anilines is 1. The Labute approximate surface area is 144 Å². The molecule has 0 radical (unpaired) electrons. The first-order valence-electron chi connectivity index (χ1n) is 8.97. The number of hydrogen-bond donors (Lipinski definition) is 1. The Morgan fingerprint density at radius 2 is 1.96 bits per heavy atom. The SMILES string of the molecule is COc1ccc(OC)c(NC(=O)CN2CCC[C@@H]3CCCC[C@@H]32)c1. The molecule has 132 valence electrons. The predicted octanol–water partition coefficient (Wildman–Crippen LogP) is 3.30. The van der Waals surface area contributed by atoms with Crippen LogP contribution in [0.25, 0.3) is 0 Å². The van der Waals surface area contributed by atoms with E-state index in [9.17, 15) is 4.79 Å². The lowest BCUT2D eigenvalue weighted by molar-refractivity contribution is -0.118. The molecule has 24 heavy (non-hydrogen) atoms. The third kappa shape index (κ3) is 3.83. The van der Waals surface area contributed by atoms with Crippen LogP contribution < -0.4 is 14.8 Å². The van der Waals surface area contributed by atoms with Crippen LogP contribution >= 0.6 is 0 Å². The van der Waals surface area contributed by atoms with Gasteiger partial charge in [-0.3, -0.25) is 9.69 Å². The Morgan fingerprint density at radius 1 is 1.17 bits per heavy atom. The smallest absolute Gasteiger partial charge is 0.238 e. The zero-order chi connectivity index (χ0) is 16.9. The van der Waals surface area contributed by atoms with Gasteiger partial charge in [0.2, 0.25) is 5.91 Å². The summed E-state index contributed by atoms with van der Waals surface area (Å²) in [4.78, 5) is 15.0. The highest BCUT2D eigenvalue weighted by molar-refractivity contribution is 5.94. The van der Waals surface area contributed by atoms with E-state index in [1.54, 1.807) is 20.3 Å². The number of rotatable bonds is 5. The summed E-state index contributed by atoms with van der Waals surface area (Å²) in [5.74, 6) is 2.16. The fourth-order valence-corrected chi connectivity index (χ4v) is 4.21. The maximum absolute atomic E-state index is 12.6. The lowest BCUT2D eigenvalue weighted by atomic mass is 9.78. The van der Waals surface area contributed by atoms with Gasteiger partial charge in [0.1, 0.15) is 11.5 Å². The number of carbonyl (C=O) groups excluding carboxylic acids is 1. The summed E-state index contributed by atoms with van der Waals surface area (Å²) < 4.78 is 10.6. The monoisotopic (exact) mass is 332 g/mol. The molecular formula is C19H28N2O3. The molecule has 1 aliphatic carbocycles. The Balaban J connectivity index is 1.65. The van der Waals surface area contributed by atoms with Crippen LogP contribution in [0.2, 0.25) is 0 Å². The predicted molar refractivity (Wildman–Crippen MR) is 94.7 cm³/mol. The lowest BCUT2D eigenvalue weighted by Gasteiger charge is -2.43. The number of nitrogens with one attached hydrogen (secondary N) is 1. The van der Waals surface area contributed by atoms with Crippen molar-refractivity contribution in [2.45, 2.75) is 44.6 Å². The van der Waals surface area contributed by atoms with Crippen LogP contribution in [0.15, 0.2) is 18.2 Å². The van der Waals surface area contributed by atoms with Gasteiger partial charge in [0.25, 0.3) is 0 Å². The summed E-state index contributed by atoms with van der Waals surface area (Å²) in [5.41, 5.74) is 0.666. The number of hydrogen-bond acceptors (Lipinski definition) is 4. The molecule has 5 heteroatoms. The summed E-state index contributed by atoms with van der Waals surface area (Å²) in [6.07, 6.45) is 7.74. The number of fused-ring (bicyclic) bond motifs is 1. The lowest BCUT2D eigenvalue weighted by Crippen LogP contribution is -2.49. The molecule has 5 nitrogen and oxygen atoms in total.